The summed E-state index contributed by atoms with van der Waals surface area (Å²) in [5, 5.41) is 0. The smallest absolute Gasteiger partial charge is 0.217 e. The third kappa shape index (κ3) is 5.00. The van der Waals surface area contributed by atoms with E-state index in [-0.39, 0.29) is 5.78 Å². The van der Waals surface area contributed by atoms with Crippen LogP contribution in [0.3, 0.4) is 0 Å². The summed E-state index contributed by atoms with van der Waals surface area (Å²) in [5.74, 6) is 0.176. The summed E-state index contributed by atoms with van der Waals surface area (Å²) >= 11 is 3.50. The van der Waals surface area contributed by atoms with Gasteiger partial charge in [0.2, 0.25) is 5.69 Å². The fourth-order valence-corrected chi connectivity index (χ4v) is 3.43. The Morgan fingerprint density at radius 1 is 1.24 bits per heavy atom. The standard InChI is InChI=1S/C20H21BrN2O2/c1-15-11-17(21)12-19(22-15)18-13-23(8-7-20(18)24)9-10-25-14-16-5-3-2-4-6-16/h2-6,11-13H,7-10,14H2,1H3/p+1. The highest BCUT2D eigenvalue weighted by atomic mass is 79.9. The van der Waals surface area contributed by atoms with E-state index >= 15 is 0 Å². The van der Waals surface area contributed by atoms with Crippen LogP contribution in [0.1, 0.15) is 23.4 Å². The number of halogens is 1. The maximum absolute atomic E-state index is 12.3. The molecule has 1 aliphatic heterocycles. The second-order valence-electron chi connectivity index (χ2n) is 6.19. The number of pyridine rings is 1. The van der Waals surface area contributed by atoms with Crippen LogP contribution in [0.15, 0.2) is 53.1 Å². The van der Waals surface area contributed by atoms with Crippen molar-refractivity contribution in [3.05, 3.63) is 70.1 Å². The molecule has 2 heterocycles. The number of carbonyl (C=O) groups excluding carboxylic acids is 1. The Morgan fingerprint density at radius 3 is 2.80 bits per heavy atom. The minimum atomic E-state index is 0.176. The van der Waals surface area contributed by atoms with Gasteiger partial charge in [0, 0.05) is 49.2 Å². The zero-order valence-electron chi connectivity index (χ0n) is 14.3. The average Bonchev–Trinajstić information content (AvgIpc) is 2.60. The van der Waals surface area contributed by atoms with Crippen LogP contribution in [0.4, 0.5) is 0 Å². The van der Waals surface area contributed by atoms with Crippen LogP contribution >= 0.6 is 15.9 Å². The Morgan fingerprint density at radius 2 is 2.04 bits per heavy atom. The highest BCUT2D eigenvalue weighted by molar-refractivity contribution is 9.10. The van der Waals surface area contributed by atoms with E-state index in [0.29, 0.717) is 19.6 Å². The van der Waals surface area contributed by atoms with Gasteiger partial charge < -0.3 is 9.64 Å². The summed E-state index contributed by atoms with van der Waals surface area (Å²) in [6, 6.07) is 14.1. The van der Waals surface area contributed by atoms with Gasteiger partial charge in [0.25, 0.3) is 0 Å². The van der Waals surface area contributed by atoms with Gasteiger partial charge in [-0.1, -0.05) is 46.3 Å². The van der Waals surface area contributed by atoms with Crippen LogP contribution in [0.2, 0.25) is 0 Å². The van der Waals surface area contributed by atoms with E-state index in [2.05, 4.69) is 37.9 Å². The number of carbonyl (C=O) groups is 1. The summed E-state index contributed by atoms with van der Waals surface area (Å²) in [6.45, 7) is 4.74. The molecule has 0 radical (unpaired) electrons. The van der Waals surface area contributed by atoms with Gasteiger partial charge in [-0.25, -0.2) is 4.98 Å². The number of H-pyrrole nitrogens is 1. The van der Waals surface area contributed by atoms with Crippen LogP contribution in [-0.4, -0.2) is 30.4 Å². The lowest BCUT2D eigenvalue weighted by Gasteiger charge is -2.24. The summed E-state index contributed by atoms with van der Waals surface area (Å²) in [5.41, 5.74) is 3.78. The molecule has 0 unspecified atom stereocenters. The van der Waals surface area contributed by atoms with E-state index in [1.165, 1.54) is 5.56 Å². The highest BCUT2D eigenvalue weighted by Crippen LogP contribution is 2.21. The molecule has 0 bridgehead atoms. The van der Waals surface area contributed by atoms with Crippen LogP contribution in [0, 0.1) is 6.92 Å². The van der Waals surface area contributed by atoms with Crippen molar-refractivity contribution in [3.8, 4) is 0 Å². The maximum atomic E-state index is 12.3. The lowest BCUT2D eigenvalue weighted by molar-refractivity contribution is -0.391. The molecule has 1 aliphatic rings. The molecule has 0 fully saturated rings. The molecule has 5 heteroatoms. The molecule has 3 rings (SSSR count). The minimum Gasteiger partial charge on any atom is -0.375 e. The van der Waals surface area contributed by atoms with Gasteiger partial charge in [0.15, 0.2) is 11.5 Å². The number of aryl methyl sites for hydroxylation is 1. The van der Waals surface area contributed by atoms with E-state index in [1.54, 1.807) is 0 Å². The van der Waals surface area contributed by atoms with E-state index < -0.39 is 0 Å². The van der Waals surface area contributed by atoms with E-state index in [4.69, 9.17) is 4.74 Å². The summed E-state index contributed by atoms with van der Waals surface area (Å²) < 4.78 is 6.73. The summed E-state index contributed by atoms with van der Waals surface area (Å²) in [7, 11) is 0. The molecular weight excluding hydrogens is 380 g/mol. The lowest BCUT2D eigenvalue weighted by Crippen LogP contribution is -2.31. The van der Waals surface area contributed by atoms with Crippen LogP contribution < -0.4 is 4.98 Å². The first-order valence-electron chi connectivity index (χ1n) is 8.42. The zero-order chi connectivity index (χ0) is 17.6. The topological polar surface area (TPSA) is 43.7 Å². The zero-order valence-corrected chi connectivity index (χ0v) is 15.9. The van der Waals surface area contributed by atoms with Crippen LogP contribution in [0.5, 0.6) is 0 Å². The summed E-state index contributed by atoms with van der Waals surface area (Å²) in [4.78, 5) is 17.8. The molecule has 130 valence electrons. The van der Waals surface area contributed by atoms with Crippen LogP contribution in [0.25, 0.3) is 5.57 Å². The number of nitrogens with one attached hydrogen (secondary N) is 1. The van der Waals surface area contributed by atoms with Crippen molar-refractivity contribution >= 4 is 27.3 Å². The molecule has 4 nitrogen and oxygen atoms in total. The molecule has 1 aromatic carbocycles. The fraction of sp³-hybridized carbons (Fsp3) is 0.300. The number of ether oxygens (including phenoxy) is 1. The first-order valence-corrected chi connectivity index (χ1v) is 9.22. The highest BCUT2D eigenvalue weighted by Gasteiger charge is 2.24. The predicted octanol–water partition coefficient (Wildman–Crippen LogP) is 3.40. The van der Waals surface area contributed by atoms with E-state index in [0.717, 1.165) is 34.5 Å². The molecule has 0 atom stereocenters. The van der Waals surface area contributed by atoms with Gasteiger partial charge in [-0.3, -0.25) is 4.79 Å². The molecular formula is C20H22BrN2O2+. The number of Topliss-reactive ketones (excluding diaryl/α,β-unsaturated/α-hetero) is 1. The number of aromatic nitrogens is 1. The number of aromatic amines is 1. The van der Waals surface area contributed by atoms with Crippen LogP contribution in [-0.2, 0) is 16.1 Å². The Labute approximate surface area is 156 Å². The van der Waals surface area contributed by atoms with Crippen molar-refractivity contribution in [1.29, 1.82) is 0 Å². The van der Waals surface area contributed by atoms with Gasteiger partial charge in [-0.05, 0) is 5.56 Å². The monoisotopic (exact) mass is 401 g/mol. The summed E-state index contributed by atoms with van der Waals surface area (Å²) in [6.07, 6.45) is 2.49. The molecule has 0 aliphatic carbocycles. The van der Waals surface area contributed by atoms with E-state index in [1.807, 2.05) is 43.5 Å². The third-order valence-corrected chi connectivity index (χ3v) is 4.59. The van der Waals surface area contributed by atoms with Gasteiger partial charge in [0.05, 0.1) is 13.2 Å². The Kier molecular flexibility index (Phi) is 6.00. The molecule has 0 saturated carbocycles. The second kappa shape index (κ2) is 8.41. The second-order valence-corrected chi connectivity index (χ2v) is 7.10. The number of benzene rings is 1. The fourth-order valence-electron chi connectivity index (χ4n) is 2.86. The number of allylic oxidation sites excluding steroid dienone is 1. The van der Waals surface area contributed by atoms with Gasteiger partial charge in [-0.15, -0.1) is 0 Å². The number of hydrogen-bond acceptors (Lipinski definition) is 3. The molecule has 2 aromatic rings. The molecule has 1 aromatic heterocycles. The van der Waals surface area contributed by atoms with E-state index in [9.17, 15) is 4.79 Å². The molecule has 1 N–H and O–H groups in total. The van der Waals surface area contributed by atoms with Crippen molar-refractivity contribution in [1.82, 2.24) is 4.90 Å². The van der Waals surface area contributed by atoms with Gasteiger partial charge in [-0.2, -0.15) is 0 Å². The number of hydrogen-bond donors (Lipinski definition) is 0. The predicted molar refractivity (Wildman–Crippen MR) is 101 cm³/mol. The molecule has 0 saturated heterocycles. The van der Waals surface area contributed by atoms with Gasteiger partial charge >= 0.3 is 0 Å². The first kappa shape index (κ1) is 17.8. The lowest BCUT2D eigenvalue weighted by atomic mass is 10.0. The molecule has 0 amide bonds. The maximum Gasteiger partial charge on any atom is 0.217 e. The quantitative estimate of drug-likeness (QED) is 0.696. The Hall–Kier alpha value is -1.98. The normalized spacial score (nSPS) is 14.6. The van der Waals surface area contributed by atoms with Crippen molar-refractivity contribution in [2.75, 3.05) is 19.7 Å². The minimum absolute atomic E-state index is 0.176. The average molecular weight is 402 g/mol. The number of ketones is 1. The third-order valence-electron chi connectivity index (χ3n) is 4.13. The number of nitrogens with zero attached hydrogens (tertiary/aromatic N) is 1. The van der Waals surface area contributed by atoms with Crippen molar-refractivity contribution in [2.45, 2.75) is 20.0 Å². The number of rotatable bonds is 6. The Balaban J connectivity index is 1.60. The first-order chi connectivity index (χ1) is 12.1. The largest absolute Gasteiger partial charge is 0.375 e. The van der Waals surface area contributed by atoms with Gasteiger partial charge in [0.1, 0.15) is 5.57 Å². The molecule has 25 heavy (non-hydrogen) atoms. The van der Waals surface area contributed by atoms with Crippen molar-refractivity contribution in [2.24, 2.45) is 0 Å². The molecule has 0 spiro atoms. The van der Waals surface area contributed by atoms with Crippen molar-refractivity contribution < 1.29 is 14.5 Å². The Bertz CT molecular complexity index is 754. The SMILES string of the molecule is Cc1cc(Br)cc(C2=CN(CCOCc3ccccc3)CCC2=O)[nH+]1. The van der Waals surface area contributed by atoms with Crippen molar-refractivity contribution in [3.63, 3.8) is 0 Å².